The van der Waals surface area contributed by atoms with Crippen LogP contribution in [0.1, 0.15) is 50.2 Å². The fourth-order valence-electron chi connectivity index (χ4n) is 2.99. The molecule has 2 rings (SSSR count). The van der Waals surface area contributed by atoms with Gasteiger partial charge in [0.25, 0.3) is 0 Å². The van der Waals surface area contributed by atoms with Crippen molar-refractivity contribution < 1.29 is 4.79 Å². The SMILES string of the molecule is CCc1ccc(CCC(=O)NC2(CN)CCCC2)cc1. The molecule has 110 valence electrons. The summed E-state index contributed by atoms with van der Waals surface area (Å²) < 4.78 is 0. The van der Waals surface area contributed by atoms with E-state index in [-0.39, 0.29) is 11.4 Å². The smallest absolute Gasteiger partial charge is 0.220 e. The highest BCUT2D eigenvalue weighted by molar-refractivity contribution is 5.77. The van der Waals surface area contributed by atoms with Crippen LogP contribution in [0.2, 0.25) is 0 Å². The van der Waals surface area contributed by atoms with Gasteiger partial charge in [-0.15, -0.1) is 0 Å². The number of nitrogens with one attached hydrogen (secondary N) is 1. The first kappa shape index (κ1) is 15.0. The van der Waals surface area contributed by atoms with Gasteiger partial charge in [-0.25, -0.2) is 0 Å². The Hall–Kier alpha value is -1.35. The first-order valence-electron chi connectivity index (χ1n) is 7.76. The molecule has 0 saturated heterocycles. The van der Waals surface area contributed by atoms with Crippen LogP contribution in [0.15, 0.2) is 24.3 Å². The van der Waals surface area contributed by atoms with Gasteiger partial charge in [0.1, 0.15) is 0 Å². The Balaban J connectivity index is 1.82. The molecular weight excluding hydrogens is 248 g/mol. The number of carbonyl (C=O) groups is 1. The van der Waals surface area contributed by atoms with Gasteiger partial charge in [0.15, 0.2) is 0 Å². The molecule has 0 radical (unpaired) electrons. The van der Waals surface area contributed by atoms with Crippen molar-refractivity contribution in [3.05, 3.63) is 35.4 Å². The minimum Gasteiger partial charge on any atom is -0.349 e. The third kappa shape index (κ3) is 3.83. The van der Waals surface area contributed by atoms with Crippen molar-refractivity contribution in [1.29, 1.82) is 0 Å². The summed E-state index contributed by atoms with van der Waals surface area (Å²) in [6.07, 6.45) is 6.82. The molecule has 1 aromatic carbocycles. The van der Waals surface area contributed by atoms with E-state index in [9.17, 15) is 4.79 Å². The van der Waals surface area contributed by atoms with Crippen molar-refractivity contribution in [1.82, 2.24) is 5.32 Å². The van der Waals surface area contributed by atoms with Gasteiger partial charge in [0, 0.05) is 13.0 Å². The average molecular weight is 274 g/mol. The largest absolute Gasteiger partial charge is 0.349 e. The molecule has 0 aliphatic heterocycles. The highest BCUT2D eigenvalue weighted by Crippen LogP contribution is 2.28. The van der Waals surface area contributed by atoms with Gasteiger partial charge in [-0.2, -0.15) is 0 Å². The number of nitrogens with two attached hydrogens (primary N) is 1. The minimum atomic E-state index is -0.122. The summed E-state index contributed by atoms with van der Waals surface area (Å²) in [7, 11) is 0. The highest BCUT2D eigenvalue weighted by atomic mass is 16.1. The highest BCUT2D eigenvalue weighted by Gasteiger charge is 2.33. The molecule has 0 aromatic heterocycles. The molecule has 3 nitrogen and oxygen atoms in total. The van der Waals surface area contributed by atoms with Crippen LogP contribution >= 0.6 is 0 Å². The second-order valence-corrected chi connectivity index (χ2v) is 5.91. The fraction of sp³-hybridized carbons (Fsp3) is 0.588. The predicted molar refractivity (Wildman–Crippen MR) is 82.5 cm³/mol. The zero-order valence-corrected chi connectivity index (χ0v) is 12.5. The maximum atomic E-state index is 12.1. The summed E-state index contributed by atoms with van der Waals surface area (Å²) in [5.74, 6) is 0.136. The Morgan fingerprint density at radius 1 is 1.20 bits per heavy atom. The quantitative estimate of drug-likeness (QED) is 0.837. The monoisotopic (exact) mass is 274 g/mol. The summed E-state index contributed by atoms with van der Waals surface area (Å²) in [5.41, 5.74) is 8.29. The summed E-state index contributed by atoms with van der Waals surface area (Å²) in [4.78, 5) is 12.1. The molecule has 3 heteroatoms. The lowest BCUT2D eigenvalue weighted by Crippen LogP contribution is -2.51. The molecular formula is C17H26N2O. The predicted octanol–water partition coefficient (Wildman–Crippen LogP) is 2.57. The molecule has 0 heterocycles. The topological polar surface area (TPSA) is 55.1 Å². The van der Waals surface area contributed by atoms with E-state index in [1.807, 2.05) is 0 Å². The number of rotatable bonds is 6. The van der Waals surface area contributed by atoms with E-state index < -0.39 is 0 Å². The van der Waals surface area contributed by atoms with Crippen molar-refractivity contribution in [2.45, 2.75) is 57.4 Å². The van der Waals surface area contributed by atoms with Crippen molar-refractivity contribution in [2.24, 2.45) is 5.73 Å². The van der Waals surface area contributed by atoms with Crippen molar-refractivity contribution >= 4 is 5.91 Å². The average Bonchev–Trinajstić information content (AvgIpc) is 2.95. The third-order valence-electron chi connectivity index (χ3n) is 4.43. The van der Waals surface area contributed by atoms with Crippen LogP contribution in [0.3, 0.4) is 0 Å². The van der Waals surface area contributed by atoms with Gasteiger partial charge < -0.3 is 11.1 Å². The summed E-state index contributed by atoms with van der Waals surface area (Å²) in [6, 6.07) is 8.54. The van der Waals surface area contributed by atoms with Crippen molar-refractivity contribution in [3.63, 3.8) is 0 Å². The standard InChI is InChI=1S/C17H26N2O/c1-2-14-5-7-15(8-6-14)9-10-16(20)19-17(13-18)11-3-4-12-17/h5-8H,2-4,9-13,18H2,1H3,(H,19,20). The van der Waals surface area contributed by atoms with Crippen LogP contribution in [0.4, 0.5) is 0 Å². The second-order valence-electron chi connectivity index (χ2n) is 5.91. The maximum absolute atomic E-state index is 12.1. The van der Waals surface area contributed by atoms with Crippen molar-refractivity contribution in [2.75, 3.05) is 6.54 Å². The Kier molecular flexibility index (Phi) is 5.18. The number of amides is 1. The van der Waals surface area contributed by atoms with Gasteiger partial charge >= 0.3 is 0 Å². The number of hydrogen-bond acceptors (Lipinski definition) is 2. The summed E-state index contributed by atoms with van der Waals surface area (Å²) in [6.45, 7) is 2.71. The molecule has 1 aliphatic rings. The second kappa shape index (κ2) is 6.89. The summed E-state index contributed by atoms with van der Waals surface area (Å²) in [5, 5.41) is 3.17. The van der Waals surface area contributed by atoms with Gasteiger partial charge in [-0.3, -0.25) is 4.79 Å². The molecule has 1 amide bonds. The van der Waals surface area contributed by atoms with Gasteiger partial charge in [-0.1, -0.05) is 44.0 Å². The number of hydrogen-bond donors (Lipinski definition) is 2. The van der Waals surface area contributed by atoms with Crippen LogP contribution in [0.25, 0.3) is 0 Å². The third-order valence-corrected chi connectivity index (χ3v) is 4.43. The first-order chi connectivity index (χ1) is 9.67. The molecule has 1 aromatic rings. The Morgan fingerprint density at radius 3 is 2.35 bits per heavy atom. The lowest BCUT2D eigenvalue weighted by Gasteiger charge is -2.28. The van der Waals surface area contributed by atoms with Crippen LogP contribution in [0.5, 0.6) is 0 Å². The molecule has 20 heavy (non-hydrogen) atoms. The fourth-order valence-corrected chi connectivity index (χ4v) is 2.99. The van der Waals surface area contributed by atoms with E-state index in [4.69, 9.17) is 5.73 Å². The number of benzene rings is 1. The zero-order valence-electron chi connectivity index (χ0n) is 12.5. The molecule has 0 spiro atoms. The van der Waals surface area contributed by atoms with Crippen LogP contribution in [0, 0.1) is 0 Å². The van der Waals surface area contributed by atoms with E-state index in [2.05, 4.69) is 36.5 Å². The molecule has 0 bridgehead atoms. The number of aryl methyl sites for hydroxylation is 2. The lowest BCUT2D eigenvalue weighted by molar-refractivity contribution is -0.122. The molecule has 1 aliphatic carbocycles. The Labute approximate surface area is 121 Å². The van der Waals surface area contributed by atoms with Crippen molar-refractivity contribution in [3.8, 4) is 0 Å². The van der Waals surface area contributed by atoms with E-state index in [0.29, 0.717) is 13.0 Å². The molecule has 3 N–H and O–H groups in total. The Morgan fingerprint density at radius 2 is 1.80 bits per heavy atom. The molecule has 0 atom stereocenters. The van der Waals surface area contributed by atoms with E-state index >= 15 is 0 Å². The minimum absolute atomic E-state index is 0.122. The molecule has 0 unspecified atom stereocenters. The maximum Gasteiger partial charge on any atom is 0.220 e. The van der Waals surface area contributed by atoms with E-state index in [1.165, 1.54) is 24.0 Å². The van der Waals surface area contributed by atoms with Crippen LogP contribution < -0.4 is 11.1 Å². The molecule has 1 saturated carbocycles. The van der Waals surface area contributed by atoms with Gasteiger partial charge in [0.05, 0.1) is 5.54 Å². The number of carbonyl (C=O) groups excluding carboxylic acids is 1. The zero-order chi connectivity index (χ0) is 14.4. The summed E-state index contributed by atoms with van der Waals surface area (Å²) >= 11 is 0. The Bertz CT molecular complexity index is 433. The molecule has 1 fully saturated rings. The van der Waals surface area contributed by atoms with Gasteiger partial charge in [-0.05, 0) is 36.8 Å². The van der Waals surface area contributed by atoms with Gasteiger partial charge in [0.2, 0.25) is 5.91 Å². The first-order valence-corrected chi connectivity index (χ1v) is 7.76. The van der Waals surface area contributed by atoms with Crippen LogP contribution in [-0.2, 0) is 17.6 Å². The van der Waals surface area contributed by atoms with E-state index in [0.717, 1.165) is 25.7 Å². The lowest BCUT2D eigenvalue weighted by atomic mass is 9.97. The van der Waals surface area contributed by atoms with Crippen LogP contribution in [-0.4, -0.2) is 18.0 Å². The van der Waals surface area contributed by atoms with E-state index in [1.54, 1.807) is 0 Å². The normalized spacial score (nSPS) is 17.1.